The Hall–Kier alpha value is -1.59. The van der Waals surface area contributed by atoms with Crippen LogP contribution >= 0.6 is 24.8 Å². The third-order valence-corrected chi connectivity index (χ3v) is 4.21. The molecule has 0 saturated carbocycles. The van der Waals surface area contributed by atoms with Crippen molar-refractivity contribution in [2.75, 3.05) is 7.05 Å². The molecule has 0 radical (unpaired) electrons. The molecule has 0 bridgehead atoms. The molecule has 0 heterocycles. The lowest BCUT2D eigenvalue weighted by Gasteiger charge is -2.21. The van der Waals surface area contributed by atoms with E-state index in [1.807, 2.05) is 36.4 Å². The Morgan fingerprint density at radius 1 is 1.04 bits per heavy atom. The molecule has 4 nitrogen and oxygen atoms in total. The van der Waals surface area contributed by atoms with E-state index in [2.05, 4.69) is 43.2 Å². The van der Waals surface area contributed by atoms with Crippen LogP contribution in [0.2, 0.25) is 0 Å². The van der Waals surface area contributed by atoms with Gasteiger partial charge in [-0.25, -0.2) is 0 Å². The molecule has 2 aromatic rings. The van der Waals surface area contributed by atoms with Crippen LogP contribution in [-0.4, -0.2) is 23.9 Å². The first-order chi connectivity index (χ1) is 11.5. The van der Waals surface area contributed by atoms with Crippen molar-refractivity contribution in [2.24, 2.45) is 5.73 Å². The van der Waals surface area contributed by atoms with Crippen molar-refractivity contribution in [3.8, 4) is 0 Å². The summed E-state index contributed by atoms with van der Waals surface area (Å²) >= 11 is 0. The number of halogens is 2. The Kier molecular flexibility index (Phi) is 11.2. The van der Waals surface area contributed by atoms with Crippen LogP contribution in [0.1, 0.15) is 40.9 Å². The summed E-state index contributed by atoms with van der Waals surface area (Å²) in [4.78, 5) is 14.5. The smallest absolute Gasteiger partial charge is 0.251 e. The lowest BCUT2D eigenvalue weighted by Crippen LogP contribution is -2.26. The second kappa shape index (κ2) is 11.9. The molecule has 0 aromatic heterocycles. The molecule has 26 heavy (non-hydrogen) atoms. The van der Waals surface area contributed by atoms with E-state index in [9.17, 15) is 4.79 Å². The molecular weight excluding hydrogens is 369 g/mol. The van der Waals surface area contributed by atoms with Gasteiger partial charge in [-0.15, -0.1) is 24.8 Å². The lowest BCUT2D eigenvalue weighted by atomic mass is 10.1. The fraction of sp³-hybridized carbons (Fsp3) is 0.350. The van der Waals surface area contributed by atoms with E-state index < -0.39 is 0 Å². The minimum Gasteiger partial charge on any atom is -0.348 e. The summed E-state index contributed by atoms with van der Waals surface area (Å²) in [6.07, 6.45) is 0. The van der Waals surface area contributed by atoms with Crippen LogP contribution in [0.4, 0.5) is 0 Å². The number of nitrogens with one attached hydrogen (secondary N) is 1. The Labute approximate surface area is 169 Å². The van der Waals surface area contributed by atoms with Crippen LogP contribution < -0.4 is 11.1 Å². The molecule has 0 unspecified atom stereocenters. The van der Waals surface area contributed by atoms with Gasteiger partial charge in [0.1, 0.15) is 0 Å². The van der Waals surface area contributed by atoms with Crippen molar-refractivity contribution in [1.82, 2.24) is 10.2 Å². The maximum Gasteiger partial charge on any atom is 0.251 e. The van der Waals surface area contributed by atoms with Crippen LogP contribution in [0.25, 0.3) is 0 Å². The Bertz CT molecular complexity index is 675. The van der Waals surface area contributed by atoms with E-state index in [0.29, 0.717) is 24.7 Å². The van der Waals surface area contributed by atoms with Crippen LogP contribution in [0.3, 0.4) is 0 Å². The summed E-state index contributed by atoms with van der Waals surface area (Å²) in [6.45, 7) is 6.27. The summed E-state index contributed by atoms with van der Waals surface area (Å²) in [7, 11) is 2.12. The first-order valence-electron chi connectivity index (χ1n) is 8.35. The van der Waals surface area contributed by atoms with Gasteiger partial charge in [0.25, 0.3) is 5.91 Å². The van der Waals surface area contributed by atoms with Gasteiger partial charge in [0.15, 0.2) is 0 Å². The molecule has 0 aliphatic heterocycles. The van der Waals surface area contributed by atoms with Gasteiger partial charge in [-0.05, 0) is 49.7 Å². The Balaban J connectivity index is 0.00000312. The van der Waals surface area contributed by atoms with Crippen molar-refractivity contribution in [1.29, 1.82) is 0 Å². The van der Waals surface area contributed by atoms with Crippen LogP contribution in [0, 0.1) is 0 Å². The number of benzene rings is 2. The predicted octanol–water partition coefficient (Wildman–Crippen LogP) is 3.76. The van der Waals surface area contributed by atoms with Gasteiger partial charge in [-0.3, -0.25) is 9.69 Å². The zero-order valence-corrected chi connectivity index (χ0v) is 17.2. The minimum absolute atomic E-state index is 0. The molecule has 0 saturated heterocycles. The molecule has 6 heteroatoms. The average Bonchev–Trinajstić information content (AvgIpc) is 2.60. The minimum atomic E-state index is -0.0664. The fourth-order valence-electron chi connectivity index (χ4n) is 2.39. The standard InChI is InChI=1S/C20H27N3O.2ClH/c1-15(2)23(3)14-18-6-4-5-17(11-18)13-22-20(24)19-9-7-16(12-21)8-10-19;;/h4-11,15H,12-14,21H2,1-3H3,(H,22,24);2*1H. The summed E-state index contributed by atoms with van der Waals surface area (Å²) in [5.74, 6) is -0.0664. The van der Waals surface area contributed by atoms with Crippen LogP contribution in [-0.2, 0) is 19.6 Å². The normalized spacial score (nSPS) is 10.2. The van der Waals surface area contributed by atoms with Gasteiger partial charge in [0.05, 0.1) is 0 Å². The molecule has 1 amide bonds. The van der Waals surface area contributed by atoms with Gasteiger partial charge in [0, 0.05) is 31.2 Å². The highest BCUT2D eigenvalue weighted by Gasteiger charge is 2.07. The van der Waals surface area contributed by atoms with E-state index in [-0.39, 0.29) is 30.7 Å². The molecule has 0 fully saturated rings. The first kappa shape index (κ1) is 24.4. The summed E-state index contributed by atoms with van der Waals surface area (Å²) in [5, 5.41) is 2.97. The molecule has 0 spiro atoms. The zero-order chi connectivity index (χ0) is 17.5. The van der Waals surface area contributed by atoms with Gasteiger partial charge < -0.3 is 11.1 Å². The molecular formula is C20H29Cl2N3O. The van der Waals surface area contributed by atoms with Crippen molar-refractivity contribution in [3.63, 3.8) is 0 Å². The molecule has 0 aliphatic carbocycles. The number of carbonyl (C=O) groups is 1. The van der Waals surface area contributed by atoms with Crippen LogP contribution in [0.15, 0.2) is 48.5 Å². The zero-order valence-electron chi connectivity index (χ0n) is 15.6. The summed E-state index contributed by atoms with van der Waals surface area (Å²) < 4.78 is 0. The molecule has 0 aliphatic rings. The predicted molar refractivity (Wildman–Crippen MR) is 113 cm³/mol. The average molecular weight is 398 g/mol. The van der Waals surface area contributed by atoms with E-state index in [4.69, 9.17) is 5.73 Å². The maximum atomic E-state index is 12.2. The number of rotatable bonds is 7. The van der Waals surface area contributed by atoms with Crippen molar-refractivity contribution >= 4 is 30.7 Å². The van der Waals surface area contributed by atoms with E-state index in [0.717, 1.165) is 17.7 Å². The first-order valence-corrected chi connectivity index (χ1v) is 8.35. The SMILES string of the molecule is CC(C)N(C)Cc1cccc(CNC(=O)c2ccc(CN)cc2)c1.Cl.Cl. The maximum absolute atomic E-state index is 12.2. The Morgan fingerprint density at radius 2 is 1.65 bits per heavy atom. The topological polar surface area (TPSA) is 58.4 Å². The van der Waals surface area contributed by atoms with Crippen molar-refractivity contribution in [2.45, 2.75) is 39.5 Å². The number of carbonyl (C=O) groups excluding carboxylic acids is 1. The summed E-state index contributed by atoms with van der Waals surface area (Å²) in [5.41, 5.74) is 9.61. The van der Waals surface area contributed by atoms with Gasteiger partial charge in [0.2, 0.25) is 0 Å². The van der Waals surface area contributed by atoms with E-state index >= 15 is 0 Å². The van der Waals surface area contributed by atoms with E-state index in [1.165, 1.54) is 5.56 Å². The monoisotopic (exact) mass is 397 g/mol. The quantitative estimate of drug-likeness (QED) is 0.747. The van der Waals surface area contributed by atoms with E-state index in [1.54, 1.807) is 0 Å². The largest absolute Gasteiger partial charge is 0.348 e. The third-order valence-electron chi connectivity index (χ3n) is 4.21. The fourth-order valence-corrected chi connectivity index (χ4v) is 2.39. The Morgan fingerprint density at radius 3 is 2.23 bits per heavy atom. The molecule has 2 aromatic carbocycles. The van der Waals surface area contributed by atoms with Crippen molar-refractivity contribution < 1.29 is 4.79 Å². The number of hydrogen-bond donors (Lipinski definition) is 2. The number of amides is 1. The molecule has 144 valence electrons. The summed E-state index contributed by atoms with van der Waals surface area (Å²) in [6, 6.07) is 16.3. The second-order valence-electron chi connectivity index (χ2n) is 6.41. The highest BCUT2D eigenvalue weighted by molar-refractivity contribution is 5.94. The molecule has 0 atom stereocenters. The second-order valence-corrected chi connectivity index (χ2v) is 6.41. The van der Waals surface area contributed by atoms with Crippen molar-refractivity contribution in [3.05, 3.63) is 70.8 Å². The molecule has 3 N–H and O–H groups in total. The highest BCUT2D eigenvalue weighted by atomic mass is 35.5. The third kappa shape index (κ3) is 7.34. The van der Waals surface area contributed by atoms with Crippen LogP contribution in [0.5, 0.6) is 0 Å². The van der Waals surface area contributed by atoms with Gasteiger partial charge >= 0.3 is 0 Å². The number of nitrogens with two attached hydrogens (primary N) is 1. The van der Waals surface area contributed by atoms with Gasteiger partial charge in [-0.1, -0.05) is 36.4 Å². The molecule has 2 rings (SSSR count). The lowest BCUT2D eigenvalue weighted by molar-refractivity contribution is 0.0951. The number of nitrogens with zero attached hydrogens (tertiary/aromatic N) is 1. The number of hydrogen-bond acceptors (Lipinski definition) is 3. The van der Waals surface area contributed by atoms with Gasteiger partial charge in [-0.2, -0.15) is 0 Å². The highest BCUT2D eigenvalue weighted by Crippen LogP contribution is 2.10.